The quantitative estimate of drug-likeness (QED) is 0.789. The van der Waals surface area contributed by atoms with Gasteiger partial charge in [0.25, 0.3) is 0 Å². The van der Waals surface area contributed by atoms with Gasteiger partial charge in [-0.05, 0) is 24.3 Å². The van der Waals surface area contributed by atoms with Gasteiger partial charge in [-0.1, -0.05) is 6.07 Å². The van der Waals surface area contributed by atoms with Gasteiger partial charge in [-0.3, -0.25) is 4.98 Å². The summed E-state index contributed by atoms with van der Waals surface area (Å²) >= 11 is 0. The smallest absolute Gasteiger partial charge is 0.351 e. The highest BCUT2D eigenvalue weighted by molar-refractivity contribution is 5.97. The molecule has 1 aromatic heterocycles. The van der Waals surface area contributed by atoms with Crippen LogP contribution < -0.4 is 14.2 Å². The number of esters is 1. The predicted molar refractivity (Wildman–Crippen MR) is 68.7 cm³/mol. The van der Waals surface area contributed by atoms with E-state index in [1.165, 1.54) is 14.2 Å². The molecule has 2 aromatic rings. The first-order valence-electron chi connectivity index (χ1n) is 5.59. The van der Waals surface area contributed by atoms with Gasteiger partial charge in [0.2, 0.25) is 0 Å². The van der Waals surface area contributed by atoms with Gasteiger partial charge in [0.1, 0.15) is 22.8 Å². The number of rotatable bonds is 4. The van der Waals surface area contributed by atoms with E-state index in [0.29, 0.717) is 17.2 Å². The van der Waals surface area contributed by atoms with Crippen LogP contribution >= 0.6 is 0 Å². The van der Waals surface area contributed by atoms with Crippen LogP contribution in [0.25, 0.3) is 0 Å². The van der Waals surface area contributed by atoms with Crippen molar-refractivity contribution in [2.24, 2.45) is 0 Å². The monoisotopic (exact) mass is 259 g/mol. The number of nitrogens with zero attached hydrogens (tertiary/aromatic N) is 1. The zero-order valence-corrected chi connectivity index (χ0v) is 10.6. The lowest BCUT2D eigenvalue weighted by Crippen LogP contribution is -2.11. The van der Waals surface area contributed by atoms with Crippen LogP contribution in [0.3, 0.4) is 0 Å². The Bertz CT molecular complexity index is 547. The maximum absolute atomic E-state index is 12.2. The Morgan fingerprint density at radius 2 is 1.58 bits per heavy atom. The van der Waals surface area contributed by atoms with Crippen molar-refractivity contribution in [2.75, 3.05) is 14.2 Å². The fraction of sp³-hybridized carbons (Fsp3) is 0.143. The second kappa shape index (κ2) is 5.86. The van der Waals surface area contributed by atoms with E-state index in [0.717, 1.165) is 0 Å². The Morgan fingerprint density at radius 1 is 1.00 bits per heavy atom. The Kier molecular flexibility index (Phi) is 3.97. The molecule has 0 aliphatic carbocycles. The zero-order chi connectivity index (χ0) is 13.7. The van der Waals surface area contributed by atoms with E-state index in [4.69, 9.17) is 14.2 Å². The number of pyridine rings is 1. The van der Waals surface area contributed by atoms with Gasteiger partial charge in [-0.2, -0.15) is 0 Å². The summed E-state index contributed by atoms with van der Waals surface area (Å²) in [5.74, 6) is 0.672. The summed E-state index contributed by atoms with van der Waals surface area (Å²) in [6, 6.07) is 8.28. The van der Waals surface area contributed by atoms with E-state index in [1.54, 1.807) is 42.7 Å². The van der Waals surface area contributed by atoms with E-state index in [1.807, 2.05) is 0 Å². The number of carbonyl (C=O) groups is 1. The van der Waals surface area contributed by atoms with Gasteiger partial charge >= 0.3 is 5.97 Å². The zero-order valence-electron chi connectivity index (χ0n) is 10.6. The molecule has 0 aliphatic rings. The lowest BCUT2D eigenvalue weighted by Gasteiger charge is -2.11. The van der Waals surface area contributed by atoms with Gasteiger partial charge in [-0.15, -0.1) is 0 Å². The van der Waals surface area contributed by atoms with Crippen LogP contribution in [-0.4, -0.2) is 25.2 Å². The van der Waals surface area contributed by atoms with Crippen molar-refractivity contribution in [3.63, 3.8) is 0 Å². The molecule has 0 fully saturated rings. The molecule has 0 amide bonds. The summed E-state index contributed by atoms with van der Waals surface area (Å²) in [5, 5.41) is 0. The van der Waals surface area contributed by atoms with Gasteiger partial charge in [0, 0.05) is 12.4 Å². The summed E-state index contributed by atoms with van der Waals surface area (Å²) < 4.78 is 15.6. The lowest BCUT2D eigenvalue weighted by atomic mass is 10.2. The molecule has 1 heterocycles. The first kappa shape index (κ1) is 12.9. The third-order valence-electron chi connectivity index (χ3n) is 2.49. The molecule has 0 N–H and O–H groups in total. The van der Waals surface area contributed by atoms with E-state index >= 15 is 0 Å². The molecule has 0 radical (unpaired) electrons. The molecule has 0 saturated heterocycles. The van der Waals surface area contributed by atoms with Crippen molar-refractivity contribution in [1.29, 1.82) is 0 Å². The van der Waals surface area contributed by atoms with Crippen LogP contribution in [0.2, 0.25) is 0 Å². The number of benzene rings is 1. The average molecular weight is 259 g/mol. The van der Waals surface area contributed by atoms with Crippen molar-refractivity contribution in [2.45, 2.75) is 0 Å². The third kappa shape index (κ3) is 2.82. The summed E-state index contributed by atoms with van der Waals surface area (Å²) in [6.45, 7) is 0. The largest absolute Gasteiger partial charge is 0.496 e. The number of hydrogen-bond acceptors (Lipinski definition) is 5. The van der Waals surface area contributed by atoms with Crippen molar-refractivity contribution in [3.05, 3.63) is 48.3 Å². The van der Waals surface area contributed by atoms with E-state index in [2.05, 4.69) is 4.98 Å². The molecular formula is C14H13NO4. The maximum Gasteiger partial charge on any atom is 0.351 e. The Hall–Kier alpha value is -2.56. The van der Waals surface area contributed by atoms with E-state index in [9.17, 15) is 4.79 Å². The minimum absolute atomic E-state index is 0.254. The summed E-state index contributed by atoms with van der Waals surface area (Å²) in [7, 11) is 2.97. The fourth-order valence-electron chi connectivity index (χ4n) is 1.62. The summed E-state index contributed by atoms with van der Waals surface area (Å²) in [6.07, 6.45) is 3.09. The molecule has 1 aromatic carbocycles. The standard InChI is InChI=1S/C14H13NO4/c1-17-11-4-3-5-12(18-2)13(11)14(16)19-10-6-8-15-9-7-10/h3-9H,1-2H3. The summed E-state index contributed by atoms with van der Waals surface area (Å²) in [5.41, 5.74) is 0.254. The number of ether oxygens (including phenoxy) is 3. The van der Waals surface area contributed by atoms with Crippen LogP contribution in [-0.2, 0) is 0 Å². The molecule has 0 aliphatic heterocycles. The number of aromatic nitrogens is 1. The molecule has 2 rings (SSSR count). The number of methoxy groups -OCH3 is 2. The van der Waals surface area contributed by atoms with E-state index in [-0.39, 0.29) is 5.56 Å². The van der Waals surface area contributed by atoms with Gasteiger partial charge in [-0.25, -0.2) is 4.79 Å². The second-order valence-electron chi connectivity index (χ2n) is 3.61. The van der Waals surface area contributed by atoms with Crippen molar-refractivity contribution in [1.82, 2.24) is 4.98 Å². The van der Waals surface area contributed by atoms with Crippen LogP contribution in [0.1, 0.15) is 10.4 Å². The fourth-order valence-corrected chi connectivity index (χ4v) is 1.62. The minimum atomic E-state index is -0.541. The SMILES string of the molecule is COc1cccc(OC)c1C(=O)Oc1ccncc1. The normalized spacial score (nSPS) is 9.79. The second-order valence-corrected chi connectivity index (χ2v) is 3.61. The molecule has 5 heteroatoms. The molecule has 0 atom stereocenters. The molecule has 0 saturated carbocycles. The van der Waals surface area contributed by atoms with Crippen molar-refractivity contribution >= 4 is 5.97 Å². The van der Waals surface area contributed by atoms with Gasteiger partial charge < -0.3 is 14.2 Å². The lowest BCUT2D eigenvalue weighted by molar-refractivity contribution is 0.0727. The molecule has 5 nitrogen and oxygen atoms in total. The van der Waals surface area contributed by atoms with Crippen LogP contribution in [0.4, 0.5) is 0 Å². The first-order valence-corrected chi connectivity index (χ1v) is 5.59. The molecule has 98 valence electrons. The summed E-state index contributed by atoms with van der Waals surface area (Å²) in [4.78, 5) is 16.0. The molecular weight excluding hydrogens is 246 g/mol. The Balaban J connectivity index is 2.33. The highest BCUT2D eigenvalue weighted by Crippen LogP contribution is 2.29. The van der Waals surface area contributed by atoms with Gasteiger partial charge in [0.15, 0.2) is 0 Å². The van der Waals surface area contributed by atoms with Gasteiger partial charge in [0.05, 0.1) is 14.2 Å². The molecule has 0 bridgehead atoms. The number of hydrogen-bond donors (Lipinski definition) is 0. The molecule has 19 heavy (non-hydrogen) atoms. The van der Waals surface area contributed by atoms with Crippen molar-refractivity contribution in [3.8, 4) is 17.2 Å². The Morgan fingerprint density at radius 3 is 2.11 bits per heavy atom. The van der Waals surface area contributed by atoms with Crippen LogP contribution in [0.5, 0.6) is 17.2 Å². The Labute approximate surface area is 110 Å². The molecule has 0 unspecified atom stereocenters. The van der Waals surface area contributed by atoms with Crippen LogP contribution in [0, 0.1) is 0 Å². The topological polar surface area (TPSA) is 57.7 Å². The third-order valence-corrected chi connectivity index (χ3v) is 2.49. The maximum atomic E-state index is 12.2. The minimum Gasteiger partial charge on any atom is -0.496 e. The highest BCUT2D eigenvalue weighted by Gasteiger charge is 2.20. The van der Waals surface area contributed by atoms with Crippen molar-refractivity contribution < 1.29 is 19.0 Å². The van der Waals surface area contributed by atoms with E-state index < -0.39 is 5.97 Å². The first-order chi connectivity index (χ1) is 9.26. The predicted octanol–water partition coefficient (Wildman–Crippen LogP) is 2.32. The molecule has 0 spiro atoms. The average Bonchev–Trinajstić information content (AvgIpc) is 2.47. The van der Waals surface area contributed by atoms with Crippen LogP contribution in [0.15, 0.2) is 42.7 Å². The number of carbonyl (C=O) groups excluding carboxylic acids is 1. The highest BCUT2D eigenvalue weighted by atomic mass is 16.5.